The van der Waals surface area contributed by atoms with Crippen molar-refractivity contribution in [2.24, 2.45) is 0 Å². The molecule has 0 atom stereocenters. The van der Waals surface area contributed by atoms with Crippen molar-refractivity contribution in [2.75, 3.05) is 12.8 Å². The number of sulfone groups is 1. The average molecular weight is 309 g/mol. The van der Waals surface area contributed by atoms with E-state index in [9.17, 15) is 13.2 Å². The topological polar surface area (TPSA) is 102 Å². The minimum atomic E-state index is -3.49. The molecule has 0 radical (unpaired) electrons. The number of rotatable bonds is 6. The molecular formula is C13H15N3O4S. The van der Waals surface area contributed by atoms with Crippen molar-refractivity contribution in [1.29, 1.82) is 0 Å². The number of amides is 1. The molecule has 7 nitrogen and oxygen atoms in total. The van der Waals surface area contributed by atoms with Gasteiger partial charge in [-0.15, -0.1) is 5.10 Å². The molecule has 1 aromatic heterocycles. The van der Waals surface area contributed by atoms with Crippen LogP contribution in [0.2, 0.25) is 0 Å². The summed E-state index contributed by atoms with van der Waals surface area (Å²) in [7, 11) is -3.49. The van der Waals surface area contributed by atoms with Gasteiger partial charge in [-0.2, -0.15) is 0 Å². The highest BCUT2D eigenvalue weighted by Crippen LogP contribution is 2.06. The standard InChI is InChI=1S/C13H15N3O4S/c1-21(18,19)13-16-15-12(20-13)7-8-14-11(17)9-10-5-3-2-4-6-10/h2-6H,7-9H2,1H3,(H,14,17). The van der Waals surface area contributed by atoms with E-state index in [1.807, 2.05) is 30.3 Å². The summed E-state index contributed by atoms with van der Waals surface area (Å²) in [6.45, 7) is 0.303. The molecule has 0 saturated heterocycles. The maximum Gasteiger partial charge on any atom is 0.335 e. The molecule has 0 bridgehead atoms. The van der Waals surface area contributed by atoms with Crippen LogP contribution in [0.4, 0.5) is 0 Å². The largest absolute Gasteiger partial charge is 0.412 e. The van der Waals surface area contributed by atoms with Crippen LogP contribution in [0, 0.1) is 0 Å². The van der Waals surface area contributed by atoms with Crippen molar-refractivity contribution in [2.45, 2.75) is 18.1 Å². The summed E-state index contributed by atoms with van der Waals surface area (Å²) in [6, 6.07) is 9.36. The molecular weight excluding hydrogens is 294 g/mol. The van der Waals surface area contributed by atoms with E-state index in [0.717, 1.165) is 11.8 Å². The zero-order valence-electron chi connectivity index (χ0n) is 11.4. The van der Waals surface area contributed by atoms with Crippen LogP contribution in [-0.4, -0.2) is 37.3 Å². The van der Waals surface area contributed by atoms with Gasteiger partial charge < -0.3 is 9.73 Å². The fraction of sp³-hybridized carbons (Fsp3) is 0.308. The second-order valence-corrected chi connectivity index (χ2v) is 6.39. The van der Waals surface area contributed by atoms with Crippen LogP contribution in [-0.2, 0) is 27.5 Å². The quantitative estimate of drug-likeness (QED) is 0.827. The first-order valence-corrected chi connectivity index (χ1v) is 8.17. The van der Waals surface area contributed by atoms with E-state index < -0.39 is 15.1 Å². The third-order valence-corrected chi connectivity index (χ3v) is 3.43. The zero-order valence-corrected chi connectivity index (χ0v) is 12.3. The Morgan fingerprint density at radius 1 is 1.24 bits per heavy atom. The molecule has 0 aliphatic carbocycles. The molecule has 0 aliphatic heterocycles. The van der Waals surface area contributed by atoms with Crippen LogP contribution in [0.5, 0.6) is 0 Å². The molecule has 0 aliphatic rings. The van der Waals surface area contributed by atoms with Crippen molar-refractivity contribution in [3.8, 4) is 0 Å². The van der Waals surface area contributed by atoms with Crippen LogP contribution in [0.25, 0.3) is 0 Å². The molecule has 1 heterocycles. The monoisotopic (exact) mass is 309 g/mol. The minimum Gasteiger partial charge on any atom is -0.412 e. The van der Waals surface area contributed by atoms with Crippen molar-refractivity contribution >= 4 is 15.7 Å². The number of carbonyl (C=O) groups excluding carboxylic acids is 1. The second kappa shape index (κ2) is 6.49. The third kappa shape index (κ3) is 4.67. The van der Waals surface area contributed by atoms with Crippen LogP contribution in [0.15, 0.2) is 40.0 Å². The Labute approximate surface area is 122 Å². The Morgan fingerprint density at radius 2 is 1.95 bits per heavy atom. The molecule has 0 fully saturated rings. The molecule has 2 rings (SSSR count). The van der Waals surface area contributed by atoms with Gasteiger partial charge in [-0.05, 0) is 5.56 Å². The van der Waals surface area contributed by atoms with E-state index in [2.05, 4.69) is 15.5 Å². The number of benzene rings is 1. The maximum absolute atomic E-state index is 11.7. The molecule has 1 aromatic carbocycles. The average Bonchev–Trinajstić information content (AvgIpc) is 2.88. The third-order valence-electron chi connectivity index (χ3n) is 2.63. The summed E-state index contributed by atoms with van der Waals surface area (Å²) in [5.41, 5.74) is 0.923. The smallest absolute Gasteiger partial charge is 0.335 e. The normalized spacial score (nSPS) is 11.3. The Kier molecular flexibility index (Phi) is 4.69. The van der Waals surface area contributed by atoms with Gasteiger partial charge in [0.05, 0.1) is 6.42 Å². The Bertz CT molecular complexity index is 710. The Balaban J connectivity index is 1.79. The number of nitrogens with zero attached hydrogens (tertiary/aromatic N) is 2. The molecule has 112 valence electrons. The fourth-order valence-corrected chi connectivity index (χ4v) is 2.08. The van der Waals surface area contributed by atoms with Crippen LogP contribution < -0.4 is 5.32 Å². The molecule has 1 amide bonds. The lowest BCUT2D eigenvalue weighted by Gasteiger charge is -2.03. The van der Waals surface area contributed by atoms with Crippen molar-refractivity contribution in [3.05, 3.63) is 41.8 Å². The van der Waals surface area contributed by atoms with Gasteiger partial charge in [0.1, 0.15) is 0 Å². The number of nitrogens with one attached hydrogen (secondary N) is 1. The van der Waals surface area contributed by atoms with Crippen LogP contribution in [0.3, 0.4) is 0 Å². The Hall–Kier alpha value is -2.22. The van der Waals surface area contributed by atoms with Crippen molar-refractivity contribution < 1.29 is 17.6 Å². The second-order valence-electron chi connectivity index (χ2n) is 4.50. The molecule has 1 N–H and O–H groups in total. The summed E-state index contributed by atoms with van der Waals surface area (Å²) in [4.78, 5) is 11.7. The van der Waals surface area contributed by atoms with Crippen molar-refractivity contribution in [1.82, 2.24) is 15.5 Å². The summed E-state index contributed by atoms with van der Waals surface area (Å²) >= 11 is 0. The molecule has 2 aromatic rings. The SMILES string of the molecule is CS(=O)(=O)c1nnc(CCNC(=O)Cc2ccccc2)o1. The van der Waals surface area contributed by atoms with Gasteiger partial charge in [-0.25, -0.2) is 8.42 Å². The maximum atomic E-state index is 11.7. The summed E-state index contributed by atoms with van der Waals surface area (Å²) in [5, 5.41) is 9.35. The molecule has 0 spiro atoms. The lowest BCUT2D eigenvalue weighted by molar-refractivity contribution is -0.120. The summed E-state index contributed by atoms with van der Waals surface area (Å²) < 4.78 is 27.3. The van der Waals surface area contributed by atoms with Gasteiger partial charge in [0.25, 0.3) is 0 Å². The fourth-order valence-electron chi connectivity index (χ4n) is 1.64. The van der Waals surface area contributed by atoms with E-state index >= 15 is 0 Å². The highest BCUT2D eigenvalue weighted by Gasteiger charge is 2.16. The summed E-state index contributed by atoms with van der Waals surface area (Å²) in [6.07, 6.45) is 1.56. The Morgan fingerprint density at radius 3 is 2.57 bits per heavy atom. The molecule has 8 heteroatoms. The molecule has 21 heavy (non-hydrogen) atoms. The number of hydrogen-bond donors (Lipinski definition) is 1. The van der Waals surface area contributed by atoms with Crippen LogP contribution in [0.1, 0.15) is 11.5 Å². The number of hydrogen-bond acceptors (Lipinski definition) is 6. The highest BCUT2D eigenvalue weighted by molar-refractivity contribution is 7.90. The van der Waals surface area contributed by atoms with Gasteiger partial charge in [-0.1, -0.05) is 35.4 Å². The predicted octanol–water partition coefficient (Wildman–Crippen LogP) is 0.374. The van der Waals surface area contributed by atoms with E-state index in [-0.39, 0.29) is 18.2 Å². The van der Waals surface area contributed by atoms with E-state index in [4.69, 9.17) is 4.42 Å². The van der Waals surface area contributed by atoms with Crippen LogP contribution >= 0.6 is 0 Å². The van der Waals surface area contributed by atoms with Gasteiger partial charge in [0.15, 0.2) is 0 Å². The van der Waals surface area contributed by atoms with E-state index in [0.29, 0.717) is 13.0 Å². The number of carbonyl (C=O) groups is 1. The predicted molar refractivity (Wildman–Crippen MR) is 74.3 cm³/mol. The highest BCUT2D eigenvalue weighted by atomic mass is 32.2. The van der Waals surface area contributed by atoms with Crippen molar-refractivity contribution in [3.63, 3.8) is 0 Å². The molecule has 0 unspecified atom stereocenters. The van der Waals surface area contributed by atoms with E-state index in [1.54, 1.807) is 0 Å². The first kappa shape index (κ1) is 15.2. The first-order valence-electron chi connectivity index (χ1n) is 6.28. The minimum absolute atomic E-state index is 0.121. The summed E-state index contributed by atoms with van der Waals surface area (Å²) in [5.74, 6) is 0.0551. The van der Waals surface area contributed by atoms with Gasteiger partial charge in [-0.3, -0.25) is 4.79 Å². The zero-order chi connectivity index (χ0) is 15.3. The number of aromatic nitrogens is 2. The molecule has 0 saturated carbocycles. The van der Waals surface area contributed by atoms with Gasteiger partial charge >= 0.3 is 5.22 Å². The lowest BCUT2D eigenvalue weighted by atomic mass is 10.1. The first-order chi connectivity index (χ1) is 9.95. The lowest BCUT2D eigenvalue weighted by Crippen LogP contribution is -2.27. The van der Waals surface area contributed by atoms with Gasteiger partial charge in [0.2, 0.25) is 21.6 Å². The van der Waals surface area contributed by atoms with E-state index in [1.165, 1.54) is 0 Å². The van der Waals surface area contributed by atoms with Gasteiger partial charge in [0, 0.05) is 19.2 Å².